The van der Waals surface area contributed by atoms with E-state index in [0.29, 0.717) is 27.5 Å². The van der Waals surface area contributed by atoms with E-state index in [4.69, 9.17) is 11.6 Å². The summed E-state index contributed by atoms with van der Waals surface area (Å²) < 4.78 is 1.39. The first-order valence-corrected chi connectivity index (χ1v) is 7.90. The summed E-state index contributed by atoms with van der Waals surface area (Å²) in [6.07, 6.45) is 1.33. The second-order valence-corrected chi connectivity index (χ2v) is 5.77. The number of hydrazone groups is 1. The van der Waals surface area contributed by atoms with Crippen LogP contribution in [-0.4, -0.2) is 21.9 Å². The number of H-pyrrole nitrogens is 1. The van der Waals surface area contributed by atoms with Crippen molar-refractivity contribution in [2.24, 2.45) is 5.10 Å². The van der Waals surface area contributed by atoms with Crippen LogP contribution >= 0.6 is 11.6 Å². The first-order chi connectivity index (χ1) is 12.1. The van der Waals surface area contributed by atoms with Gasteiger partial charge in [0.1, 0.15) is 0 Å². The Morgan fingerprint density at radius 1 is 1.16 bits per heavy atom. The van der Waals surface area contributed by atoms with Crippen LogP contribution in [0, 0.1) is 6.92 Å². The molecule has 3 aromatic rings. The maximum atomic E-state index is 12.5. The average Bonchev–Trinajstić information content (AvgIpc) is 2.91. The molecule has 1 aromatic heterocycles. The van der Waals surface area contributed by atoms with Gasteiger partial charge in [-0.05, 0) is 43.3 Å². The highest BCUT2D eigenvalue weighted by atomic mass is 35.5. The number of carbonyl (C=O) groups is 1. The van der Waals surface area contributed by atoms with Gasteiger partial charge in [0.15, 0.2) is 0 Å². The number of nitrogens with one attached hydrogen (secondary N) is 2. The minimum absolute atomic E-state index is 0.266. The van der Waals surface area contributed by atoms with Crippen molar-refractivity contribution in [3.63, 3.8) is 0 Å². The third-order valence-electron chi connectivity index (χ3n) is 3.60. The van der Waals surface area contributed by atoms with Crippen LogP contribution in [0.1, 0.15) is 21.6 Å². The van der Waals surface area contributed by atoms with Crippen LogP contribution in [-0.2, 0) is 0 Å². The summed E-state index contributed by atoms with van der Waals surface area (Å²) in [6.45, 7) is 1.76. The molecule has 3 rings (SSSR count). The first kappa shape index (κ1) is 16.7. The number of carbonyl (C=O) groups excluding carboxylic acids is 1. The van der Waals surface area contributed by atoms with Crippen LogP contribution in [0.25, 0.3) is 5.69 Å². The molecule has 2 aromatic carbocycles. The van der Waals surface area contributed by atoms with Crippen molar-refractivity contribution < 1.29 is 4.79 Å². The molecule has 0 aliphatic carbocycles. The molecule has 126 valence electrons. The maximum Gasteiger partial charge on any atom is 0.280 e. The Hall–Kier alpha value is -3.12. The molecule has 0 radical (unpaired) electrons. The predicted molar refractivity (Wildman–Crippen MR) is 97.6 cm³/mol. The molecule has 7 heteroatoms. The van der Waals surface area contributed by atoms with Crippen LogP contribution < -0.4 is 11.0 Å². The summed E-state index contributed by atoms with van der Waals surface area (Å²) in [5.74, 6) is -0.344. The van der Waals surface area contributed by atoms with Gasteiger partial charge in [-0.1, -0.05) is 29.8 Å². The molecule has 2 N–H and O–H groups in total. The van der Waals surface area contributed by atoms with Crippen molar-refractivity contribution >= 4 is 23.7 Å². The van der Waals surface area contributed by atoms with Gasteiger partial charge in [-0.25, -0.2) is 10.1 Å². The van der Waals surface area contributed by atoms with Gasteiger partial charge in [0, 0.05) is 16.3 Å². The fraction of sp³-hybridized carbons (Fsp3) is 0.0556. The van der Waals surface area contributed by atoms with E-state index in [1.54, 1.807) is 55.5 Å². The van der Waals surface area contributed by atoms with E-state index in [9.17, 15) is 9.59 Å². The van der Waals surface area contributed by atoms with Gasteiger partial charge >= 0.3 is 0 Å². The fourth-order valence-corrected chi connectivity index (χ4v) is 2.42. The highest BCUT2D eigenvalue weighted by Gasteiger charge is 2.11. The van der Waals surface area contributed by atoms with Gasteiger partial charge in [0.2, 0.25) is 0 Å². The van der Waals surface area contributed by atoms with Gasteiger partial charge < -0.3 is 0 Å². The third kappa shape index (κ3) is 3.70. The Balaban J connectivity index is 1.80. The summed E-state index contributed by atoms with van der Waals surface area (Å²) in [5.41, 5.74) is 4.29. The Kier molecular flexibility index (Phi) is 4.81. The Morgan fingerprint density at radius 2 is 1.84 bits per heavy atom. The van der Waals surface area contributed by atoms with Crippen molar-refractivity contribution in [1.82, 2.24) is 15.2 Å². The molecular weight excluding hydrogens is 340 g/mol. The lowest BCUT2D eigenvalue weighted by atomic mass is 10.2. The quantitative estimate of drug-likeness (QED) is 0.558. The predicted octanol–water partition coefficient (Wildman–Crippen LogP) is 2.89. The van der Waals surface area contributed by atoms with Gasteiger partial charge in [-0.3, -0.25) is 14.7 Å². The second-order valence-electron chi connectivity index (χ2n) is 5.33. The summed E-state index contributed by atoms with van der Waals surface area (Å²) in [5, 5.41) is 7.45. The Morgan fingerprint density at radius 3 is 2.52 bits per heavy atom. The van der Waals surface area contributed by atoms with Gasteiger partial charge in [0.05, 0.1) is 17.5 Å². The molecule has 0 atom stereocenters. The summed E-state index contributed by atoms with van der Waals surface area (Å²) in [7, 11) is 0. The van der Waals surface area contributed by atoms with Crippen LogP contribution in [0.15, 0.2) is 64.5 Å². The minimum Gasteiger partial charge on any atom is -0.295 e. The van der Waals surface area contributed by atoms with Gasteiger partial charge in [-0.15, -0.1) is 0 Å². The van der Waals surface area contributed by atoms with E-state index in [1.165, 1.54) is 10.9 Å². The van der Waals surface area contributed by atoms with Crippen LogP contribution in [0.4, 0.5) is 0 Å². The maximum absolute atomic E-state index is 12.5. The molecule has 0 aliphatic heterocycles. The van der Waals surface area contributed by atoms with Crippen LogP contribution in [0.3, 0.4) is 0 Å². The number of rotatable bonds is 4. The Labute approximate surface area is 148 Å². The molecular formula is C18H15ClN4O2. The number of aryl methyl sites for hydroxylation is 1. The van der Waals surface area contributed by atoms with Crippen LogP contribution in [0.5, 0.6) is 0 Å². The second kappa shape index (κ2) is 7.19. The molecule has 0 spiro atoms. The van der Waals surface area contributed by atoms with Crippen molar-refractivity contribution in [2.45, 2.75) is 6.92 Å². The molecule has 0 aliphatic rings. The van der Waals surface area contributed by atoms with Crippen molar-refractivity contribution in [3.8, 4) is 5.69 Å². The monoisotopic (exact) mass is 354 g/mol. The Bertz CT molecular complexity index is 973. The molecule has 0 saturated heterocycles. The average molecular weight is 355 g/mol. The summed E-state index contributed by atoms with van der Waals surface area (Å²) in [4.78, 5) is 24.5. The molecule has 25 heavy (non-hydrogen) atoms. The van der Waals surface area contributed by atoms with E-state index >= 15 is 0 Å². The smallest absolute Gasteiger partial charge is 0.280 e. The van der Waals surface area contributed by atoms with E-state index in [-0.39, 0.29) is 11.5 Å². The zero-order valence-corrected chi connectivity index (χ0v) is 14.1. The molecule has 0 saturated carbocycles. The lowest BCUT2D eigenvalue weighted by Crippen LogP contribution is -2.20. The van der Waals surface area contributed by atoms with E-state index in [2.05, 4.69) is 15.6 Å². The number of nitrogens with zero attached hydrogens (tertiary/aromatic N) is 2. The first-order valence-electron chi connectivity index (χ1n) is 7.52. The molecule has 1 heterocycles. The van der Waals surface area contributed by atoms with Crippen molar-refractivity contribution in [2.75, 3.05) is 0 Å². The highest BCUT2D eigenvalue weighted by molar-refractivity contribution is 6.30. The third-order valence-corrected chi connectivity index (χ3v) is 3.85. The van der Waals surface area contributed by atoms with E-state index in [1.807, 2.05) is 6.07 Å². The number of amides is 1. The van der Waals surface area contributed by atoms with Crippen molar-refractivity contribution in [3.05, 3.63) is 86.8 Å². The fourth-order valence-electron chi connectivity index (χ4n) is 2.29. The van der Waals surface area contributed by atoms with Crippen molar-refractivity contribution in [1.29, 1.82) is 0 Å². The highest BCUT2D eigenvalue weighted by Crippen LogP contribution is 2.12. The number of aromatic amines is 1. The molecule has 0 fully saturated rings. The molecule has 1 amide bonds. The van der Waals surface area contributed by atoms with E-state index in [0.717, 1.165) is 0 Å². The van der Waals surface area contributed by atoms with Gasteiger partial charge in [-0.2, -0.15) is 5.10 Å². The zero-order valence-electron chi connectivity index (χ0n) is 13.4. The zero-order chi connectivity index (χ0) is 17.8. The number of benzene rings is 2. The summed E-state index contributed by atoms with van der Waals surface area (Å²) in [6, 6.07) is 15.6. The molecule has 0 bridgehead atoms. The standard InChI is InChI=1S/C18H15ClN4O2/c1-12-16(11-20-21-17(24)13-5-3-2-4-6-13)18(25)23(22-12)15-9-7-14(19)8-10-15/h2-11,22H,1H3,(H,21,24). The SMILES string of the molecule is Cc1[nH]n(-c2ccc(Cl)cc2)c(=O)c1C=NNC(=O)c1ccccc1. The van der Waals surface area contributed by atoms with Crippen LogP contribution in [0.2, 0.25) is 5.02 Å². The summed E-state index contributed by atoms with van der Waals surface area (Å²) >= 11 is 5.87. The largest absolute Gasteiger partial charge is 0.295 e. The number of halogens is 1. The lowest BCUT2D eigenvalue weighted by molar-refractivity contribution is 0.0955. The number of aromatic nitrogens is 2. The topological polar surface area (TPSA) is 79.2 Å². The number of hydrogen-bond acceptors (Lipinski definition) is 3. The molecule has 0 unspecified atom stereocenters. The lowest BCUT2D eigenvalue weighted by Gasteiger charge is -2.00. The molecule has 6 nitrogen and oxygen atoms in total. The normalized spacial score (nSPS) is 11.0. The van der Waals surface area contributed by atoms with Gasteiger partial charge in [0.25, 0.3) is 11.5 Å². The minimum atomic E-state index is -0.344. The number of hydrogen-bond donors (Lipinski definition) is 2. The van der Waals surface area contributed by atoms with E-state index < -0.39 is 0 Å².